The Morgan fingerprint density at radius 1 is 1.24 bits per heavy atom. The summed E-state index contributed by atoms with van der Waals surface area (Å²) in [5.74, 6) is -4.09. The van der Waals surface area contributed by atoms with Gasteiger partial charge in [0, 0.05) is 25.8 Å². The largest absolute Gasteiger partial charge is 0.381 e. The topological polar surface area (TPSA) is 46.6 Å². The van der Waals surface area contributed by atoms with Crippen LogP contribution in [0.5, 0.6) is 0 Å². The number of hydrogen-bond donors (Lipinski definition) is 0. The SMILES string of the molecule is CCN(CC1CCOC1)S(=O)(=O)c1cc(F)c(F)cc1F. The first-order valence-corrected chi connectivity index (χ1v) is 8.02. The van der Waals surface area contributed by atoms with Crippen LogP contribution >= 0.6 is 0 Å². The molecule has 0 radical (unpaired) electrons. The van der Waals surface area contributed by atoms with Gasteiger partial charge in [0.1, 0.15) is 10.7 Å². The molecule has 1 unspecified atom stereocenters. The number of hydrogen-bond acceptors (Lipinski definition) is 3. The third-order valence-corrected chi connectivity index (χ3v) is 5.39. The summed E-state index contributed by atoms with van der Waals surface area (Å²) in [5.41, 5.74) is 0. The van der Waals surface area contributed by atoms with Gasteiger partial charge in [-0.05, 0) is 18.4 Å². The van der Waals surface area contributed by atoms with Crippen molar-refractivity contribution in [2.24, 2.45) is 5.92 Å². The zero-order valence-corrected chi connectivity index (χ0v) is 12.3. The first kappa shape index (κ1) is 16.3. The third-order valence-electron chi connectivity index (χ3n) is 3.43. The van der Waals surface area contributed by atoms with Gasteiger partial charge in [0.2, 0.25) is 10.0 Å². The van der Waals surface area contributed by atoms with E-state index in [0.717, 1.165) is 4.31 Å². The van der Waals surface area contributed by atoms with Crippen molar-refractivity contribution in [2.75, 3.05) is 26.3 Å². The molecule has 4 nitrogen and oxygen atoms in total. The molecule has 0 amide bonds. The van der Waals surface area contributed by atoms with Crippen LogP contribution in [-0.2, 0) is 14.8 Å². The average Bonchev–Trinajstić information content (AvgIpc) is 2.92. The van der Waals surface area contributed by atoms with Crippen molar-refractivity contribution in [1.29, 1.82) is 0 Å². The molecule has 0 aromatic heterocycles. The lowest BCUT2D eigenvalue weighted by atomic mass is 10.1. The van der Waals surface area contributed by atoms with Crippen molar-refractivity contribution in [3.05, 3.63) is 29.6 Å². The Kier molecular flexibility index (Phi) is 4.90. The Morgan fingerprint density at radius 2 is 1.90 bits per heavy atom. The minimum atomic E-state index is -4.21. The molecule has 0 aliphatic carbocycles. The summed E-state index contributed by atoms with van der Waals surface area (Å²) < 4.78 is 70.8. The quantitative estimate of drug-likeness (QED) is 0.780. The predicted octanol–water partition coefficient (Wildman–Crippen LogP) is 2.15. The Morgan fingerprint density at radius 3 is 2.48 bits per heavy atom. The molecule has 8 heteroatoms. The Hall–Kier alpha value is -1.12. The zero-order valence-electron chi connectivity index (χ0n) is 11.5. The van der Waals surface area contributed by atoms with E-state index in [1.807, 2.05) is 0 Å². The molecule has 1 aliphatic heterocycles. The maximum atomic E-state index is 13.7. The Bertz CT molecular complexity index is 615. The van der Waals surface area contributed by atoms with Crippen LogP contribution in [0.15, 0.2) is 17.0 Å². The van der Waals surface area contributed by atoms with E-state index in [0.29, 0.717) is 25.7 Å². The fourth-order valence-electron chi connectivity index (χ4n) is 2.25. The second-order valence-corrected chi connectivity index (χ2v) is 6.79. The van der Waals surface area contributed by atoms with Crippen molar-refractivity contribution in [3.8, 4) is 0 Å². The van der Waals surface area contributed by atoms with Crippen molar-refractivity contribution in [1.82, 2.24) is 4.31 Å². The maximum absolute atomic E-state index is 13.7. The number of ether oxygens (including phenoxy) is 1. The van der Waals surface area contributed by atoms with E-state index >= 15 is 0 Å². The van der Waals surface area contributed by atoms with Crippen molar-refractivity contribution >= 4 is 10.0 Å². The first-order chi connectivity index (χ1) is 9.86. The lowest BCUT2D eigenvalue weighted by molar-refractivity contribution is 0.180. The van der Waals surface area contributed by atoms with Crippen molar-refractivity contribution in [2.45, 2.75) is 18.2 Å². The van der Waals surface area contributed by atoms with E-state index in [4.69, 9.17) is 4.74 Å². The molecule has 21 heavy (non-hydrogen) atoms. The van der Waals surface area contributed by atoms with Crippen LogP contribution in [0, 0.1) is 23.4 Å². The summed E-state index contributed by atoms with van der Waals surface area (Å²) in [5, 5.41) is 0. The molecule has 1 fully saturated rings. The second-order valence-electron chi connectivity index (χ2n) is 4.88. The maximum Gasteiger partial charge on any atom is 0.246 e. The molecule has 0 bridgehead atoms. The fourth-order valence-corrected chi connectivity index (χ4v) is 3.84. The summed E-state index contributed by atoms with van der Waals surface area (Å²) in [6, 6.07) is 0.628. The second kappa shape index (κ2) is 6.33. The van der Waals surface area contributed by atoms with Gasteiger partial charge in [-0.15, -0.1) is 0 Å². The fraction of sp³-hybridized carbons (Fsp3) is 0.538. The monoisotopic (exact) mass is 323 g/mol. The summed E-state index contributed by atoms with van der Waals surface area (Å²) in [7, 11) is -4.21. The number of rotatable bonds is 5. The van der Waals surface area contributed by atoms with Gasteiger partial charge in [0.15, 0.2) is 11.6 Å². The lowest BCUT2D eigenvalue weighted by Gasteiger charge is -2.23. The van der Waals surface area contributed by atoms with Crippen LogP contribution in [0.1, 0.15) is 13.3 Å². The van der Waals surface area contributed by atoms with Gasteiger partial charge in [-0.25, -0.2) is 21.6 Å². The normalized spacial score (nSPS) is 19.4. The van der Waals surface area contributed by atoms with Crippen LogP contribution < -0.4 is 0 Å². The van der Waals surface area contributed by atoms with Crippen molar-refractivity contribution < 1.29 is 26.3 Å². The highest BCUT2D eigenvalue weighted by atomic mass is 32.2. The zero-order chi connectivity index (χ0) is 15.6. The molecule has 1 atom stereocenters. The van der Waals surface area contributed by atoms with Crippen LogP contribution in [0.3, 0.4) is 0 Å². The van der Waals surface area contributed by atoms with Crippen LogP contribution in [-0.4, -0.2) is 39.0 Å². The molecule has 1 aromatic rings. The molecule has 1 aliphatic rings. The van der Waals surface area contributed by atoms with E-state index in [1.165, 1.54) is 0 Å². The highest BCUT2D eigenvalue weighted by Crippen LogP contribution is 2.24. The summed E-state index contributed by atoms with van der Waals surface area (Å²) in [6.45, 7) is 2.87. The van der Waals surface area contributed by atoms with Gasteiger partial charge in [-0.1, -0.05) is 6.92 Å². The van der Waals surface area contributed by atoms with Gasteiger partial charge < -0.3 is 4.74 Å². The standard InChI is InChI=1S/C13H16F3NO3S/c1-2-17(7-9-3-4-20-8-9)21(18,19)13-6-11(15)10(14)5-12(13)16/h5-6,9H,2-4,7-8H2,1H3. The van der Waals surface area contributed by atoms with E-state index in [9.17, 15) is 21.6 Å². The van der Waals surface area contributed by atoms with Crippen molar-refractivity contribution in [3.63, 3.8) is 0 Å². The molecule has 0 spiro atoms. The van der Waals surface area contributed by atoms with E-state index < -0.39 is 32.4 Å². The first-order valence-electron chi connectivity index (χ1n) is 6.58. The van der Waals surface area contributed by atoms with E-state index in [-0.39, 0.29) is 25.1 Å². The highest BCUT2D eigenvalue weighted by Gasteiger charge is 2.30. The number of halogens is 3. The molecule has 0 N–H and O–H groups in total. The molecule has 2 rings (SSSR count). The van der Waals surface area contributed by atoms with Crippen LogP contribution in [0.4, 0.5) is 13.2 Å². The molecule has 1 saturated heterocycles. The van der Waals surface area contributed by atoms with E-state index in [1.54, 1.807) is 6.92 Å². The molecule has 1 heterocycles. The third kappa shape index (κ3) is 3.38. The number of nitrogens with zero attached hydrogens (tertiary/aromatic N) is 1. The van der Waals surface area contributed by atoms with Crippen LogP contribution in [0.2, 0.25) is 0 Å². The summed E-state index contributed by atoms with van der Waals surface area (Å²) in [4.78, 5) is -0.845. The lowest BCUT2D eigenvalue weighted by Crippen LogP contribution is -2.36. The van der Waals surface area contributed by atoms with E-state index in [2.05, 4.69) is 0 Å². The molecule has 118 valence electrons. The summed E-state index contributed by atoms with van der Waals surface area (Å²) >= 11 is 0. The molecular formula is C13H16F3NO3S. The molecular weight excluding hydrogens is 307 g/mol. The molecule has 1 aromatic carbocycles. The van der Waals surface area contributed by atoms with Gasteiger partial charge >= 0.3 is 0 Å². The van der Waals surface area contributed by atoms with Gasteiger partial charge in [0.05, 0.1) is 6.61 Å². The van der Waals surface area contributed by atoms with Gasteiger partial charge in [-0.2, -0.15) is 4.31 Å². The van der Waals surface area contributed by atoms with Crippen LogP contribution in [0.25, 0.3) is 0 Å². The van der Waals surface area contributed by atoms with Gasteiger partial charge in [-0.3, -0.25) is 0 Å². The Labute approximate surface area is 121 Å². The smallest absolute Gasteiger partial charge is 0.246 e. The molecule has 0 saturated carbocycles. The average molecular weight is 323 g/mol. The highest BCUT2D eigenvalue weighted by molar-refractivity contribution is 7.89. The minimum absolute atomic E-state index is 0.0214. The number of sulfonamides is 1. The van der Waals surface area contributed by atoms with Gasteiger partial charge in [0.25, 0.3) is 0 Å². The Balaban J connectivity index is 2.32. The minimum Gasteiger partial charge on any atom is -0.381 e. The summed E-state index contributed by atoms with van der Waals surface area (Å²) in [6.07, 6.45) is 0.715. The number of benzene rings is 1. The predicted molar refractivity (Wildman–Crippen MR) is 69.7 cm³/mol.